The van der Waals surface area contributed by atoms with Gasteiger partial charge in [0.2, 0.25) is 5.89 Å². The molecular weight excluding hydrogens is 262 g/mol. The van der Waals surface area contributed by atoms with Crippen LogP contribution in [0.25, 0.3) is 0 Å². The highest BCUT2D eigenvalue weighted by Gasteiger charge is 2.11. The molecule has 1 N–H and O–H groups in total. The van der Waals surface area contributed by atoms with Crippen molar-refractivity contribution in [2.24, 2.45) is 0 Å². The molecule has 2 heterocycles. The summed E-state index contributed by atoms with van der Waals surface area (Å²) in [6.07, 6.45) is 1.12. The molecule has 0 aliphatic heterocycles. The Labute approximate surface area is 106 Å². The molecule has 0 amide bonds. The predicted molar refractivity (Wildman–Crippen MR) is 62.3 cm³/mol. The lowest BCUT2D eigenvalue weighted by Crippen LogP contribution is -2.03. The van der Waals surface area contributed by atoms with E-state index >= 15 is 0 Å². The fourth-order valence-corrected chi connectivity index (χ4v) is 1.46. The summed E-state index contributed by atoms with van der Waals surface area (Å²) < 4.78 is 4.89. The summed E-state index contributed by atoms with van der Waals surface area (Å²) in [5, 5.41) is 17.1. The van der Waals surface area contributed by atoms with Crippen LogP contribution in [-0.2, 0) is 6.54 Å². The number of nitro groups is 1. The number of aryl methyl sites for hydroxylation is 1. The maximum absolute atomic E-state index is 10.5. The minimum Gasteiger partial charge on any atom is -0.360 e. The Kier molecular flexibility index (Phi) is 3.38. The average molecular weight is 270 g/mol. The van der Waals surface area contributed by atoms with Gasteiger partial charge >= 0.3 is 0 Å². The molecule has 2 aromatic heterocycles. The summed E-state index contributed by atoms with van der Waals surface area (Å²) >= 11 is 5.85. The Morgan fingerprint density at radius 2 is 2.39 bits per heavy atom. The van der Waals surface area contributed by atoms with E-state index in [1.807, 2.05) is 0 Å². The van der Waals surface area contributed by atoms with Crippen molar-refractivity contribution >= 4 is 23.1 Å². The Bertz CT molecular complexity index is 585. The van der Waals surface area contributed by atoms with E-state index in [1.54, 1.807) is 6.92 Å². The van der Waals surface area contributed by atoms with Crippen molar-refractivity contribution in [2.45, 2.75) is 13.5 Å². The van der Waals surface area contributed by atoms with Crippen LogP contribution in [0.3, 0.4) is 0 Å². The molecule has 0 radical (unpaired) electrons. The first-order valence-corrected chi connectivity index (χ1v) is 5.27. The fraction of sp³-hybridized carbons (Fsp3) is 0.222. The van der Waals surface area contributed by atoms with E-state index in [0.29, 0.717) is 17.5 Å². The molecule has 0 atom stereocenters. The van der Waals surface area contributed by atoms with Gasteiger partial charge in [-0.15, -0.1) is 0 Å². The smallest absolute Gasteiger partial charge is 0.289 e. The van der Waals surface area contributed by atoms with Crippen LogP contribution in [-0.4, -0.2) is 20.0 Å². The Morgan fingerprint density at radius 3 is 2.94 bits per heavy atom. The minimum absolute atomic E-state index is 0.153. The Morgan fingerprint density at radius 1 is 1.61 bits per heavy atom. The van der Waals surface area contributed by atoms with Gasteiger partial charge in [-0.3, -0.25) is 10.1 Å². The van der Waals surface area contributed by atoms with Crippen LogP contribution < -0.4 is 5.32 Å². The van der Waals surface area contributed by atoms with Crippen LogP contribution in [0.5, 0.6) is 0 Å². The molecule has 94 valence electrons. The van der Waals surface area contributed by atoms with E-state index in [0.717, 1.165) is 6.20 Å². The third-order valence-corrected chi connectivity index (χ3v) is 2.30. The maximum atomic E-state index is 10.5. The molecule has 0 unspecified atom stereocenters. The zero-order valence-corrected chi connectivity index (χ0v) is 10.0. The second-order valence-corrected chi connectivity index (χ2v) is 3.78. The van der Waals surface area contributed by atoms with Gasteiger partial charge < -0.3 is 9.84 Å². The summed E-state index contributed by atoms with van der Waals surface area (Å²) in [7, 11) is 0. The number of hydrogen-bond acceptors (Lipinski definition) is 7. The summed E-state index contributed by atoms with van der Waals surface area (Å²) in [4.78, 5) is 17.8. The maximum Gasteiger partial charge on any atom is 0.289 e. The summed E-state index contributed by atoms with van der Waals surface area (Å²) in [6.45, 7) is 1.94. The minimum atomic E-state index is -0.565. The Balaban J connectivity index is 2.08. The number of aromatic nitrogens is 3. The van der Waals surface area contributed by atoms with Gasteiger partial charge in [0.15, 0.2) is 5.82 Å². The van der Waals surface area contributed by atoms with Crippen LogP contribution >= 0.6 is 11.6 Å². The zero-order valence-electron chi connectivity index (χ0n) is 9.25. The molecule has 0 saturated heterocycles. The first kappa shape index (κ1) is 12.2. The number of halogens is 1. The van der Waals surface area contributed by atoms with Crippen molar-refractivity contribution in [1.82, 2.24) is 15.1 Å². The van der Waals surface area contributed by atoms with Crippen LogP contribution in [0, 0.1) is 17.0 Å². The van der Waals surface area contributed by atoms with E-state index in [1.165, 1.54) is 6.07 Å². The first-order valence-electron chi connectivity index (χ1n) is 4.89. The fourth-order valence-electron chi connectivity index (χ4n) is 1.23. The molecule has 2 rings (SSSR count). The van der Waals surface area contributed by atoms with Gasteiger partial charge in [-0.1, -0.05) is 16.8 Å². The molecule has 18 heavy (non-hydrogen) atoms. The van der Waals surface area contributed by atoms with Gasteiger partial charge in [0.25, 0.3) is 5.69 Å². The highest BCUT2D eigenvalue weighted by atomic mass is 35.5. The Hall–Kier alpha value is -2.22. The number of nitrogens with one attached hydrogen (secondary N) is 1. The van der Waals surface area contributed by atoms with Crippen molar-refractivity contribution in [3.8, 4) is 0 Å². The van der Waals surface area contributed by atoms with E-state index in [-0.39, 0.29) is 17.3 Å². The standard InChI is InChI=1S/C9H8ClN5O3/c1-5-13-8(18-14-5)4-12-9-7(10)2-6(3-11-9)15(16)17/h2-3H,4H2,1H3,(H,11,12). The lowest BCUT2D eigenvalue weighted by molar-refractivity contribution is -0.385. The lowest BCUT2D eigenvalue weighted by Gasteiger charge is -2.03. The zero-order chi connectivity index (χ0) is 13.1. The van der Waals surface area contributed by atoms with E-state index in [9.17, 15) is 10.1 Å². The summed E-state index contributed by atoms with van der Waals surface area (Å²) in [6, 6.07) is 1.22. The van der Waals surface area contributed by atoms with Crippen LogP contribution in [0.1, 0.15) is 11.7 Å². The van der Waals surface area contributed by atoms with Crippen LogP contribution in [0.2, 0.25) is 5.02 Å². The van der Waals surface area contributed by atoms with Crippen LogP contribution in [0.15, 0.2) is 16.8 Å². The van der Waals surface area contributed by atoms with E-state index in [2.05, 4.69) is 20.4 Å². The van der Waals surface area contributed by atoms with Gasteiger partial charge in [-0.05, 0) is 6.92 Å². The van der Waals surface area contributed by atoms with Crippen molar-refractivity contribution in [2.75, 3.05) is 5.32 Å². The van der Waals surface area contributed by atoms with Gasteiger partial charge in [-0.25, -0.2) is 4.98 Å². The summed E-state index contributed by atoms with van der Waals surface area (Å²) in [5.41, 5.74) is -0.167. The van der Waals surface area contributed by atoms with E-state index < -0.39 is 4.92 Å². The number of anilines is 1. The van der Waals surface area contributed by atoms with Crippen molar-refractivity contribution in [3.63, 3.8) is 0 Å². The molecule has 0 aliphatic rings. The average Bonchev–Trinajstić information content (AvgIpc) is 2.73. The lowest BCUT2D eigenvalue weighted by atomic mass is 10.4. The third kappa shape index (κ3) is 2.72. The molecule has 0 spiro atoms. The SMILES string of the molecule is Cc1noc(CNc2ncc([N+](=O)[O-])cc2Cl)n1. The summed E-state index contributed by atoms with van der Waals surface area (Å²) in [5.74, 6) is 1.22. The quantitative estimate of drug-likeness (QED) is 0.667. The van der Waals surface area contributed by atoms with Crippen molar-refractivity contribution in [1.29, 1.82) is 0 Å². The normalized spacial score (nSPS) is 10.3. The molecule has 0 saturated carbocycles. The number of pyridine rings is 1. The topological polar surface area (TPSA) is 107 Å². The number of nitrogens with zero attached hydrogens (tertiary/aromatic N) is 4. The van der Waals surface area contributed by atoms with Gasteiger partial charge in [-0.2, -0.15) is 4.98 Å². The largest absolute Gasteiger partial charge is 0.360 e. The molecular formula is C9H8ClN5O3. The highest BCUT2D eigenvalue weighted by molar-refractivity contribution is 6.33. The molecule has 0 aliphatic carbocycles. The molecule has 9 heteroatoms. The van der Waals surface area contributed by atoms with Gasteiger partial charge in [0.05, 0.1) is 16.5 Å². The monoisotopic (exact) mass is 269 g/mol. The highest BCUT2D eigenvalue weighted by Crippen LogP contribution is 2.24. The number of rotatable bonds is 4. The number of hydrogen-bond donors (Lipinski definition) is 1. The van der Waals surface area contributed by atoms with Gasteiger partial charge in [0, 0.05) is 6.07 Å². The molecule has 2 aromatic rings. The van der Waals surface area contributed by atoms with E-state index in [4.69, 9.17) is 16.1 Å². The van der Waals surface area contributed by atoms with Crippen molar-refractivity contribution < 1.29 is 9.45 Å². The van der Waals surface area contributed by atoms with Crippen molar-refractivity contribution in [3.05, 3.63) is 39.1 Å². The van der Waals surface area contributed by atoms with Crippen LogP contribution in [0.4, 0.5) is 11.5 Å². The molecule has 0 fully saturated rings. The molecule has 0 aromatic carbocycles. The molecule has 8 nitrogen and oxygen atoms in total. The second kappa shape index (κ2) is 4.96. The first-order chi connectivity index (χ1) is 8.56. The molecule has 0 bridgehead atoms. The van der Waals surface area contributed by atoms with Gasteiger partial charge in [0.1, 0.15) is 12.0 Å². The second-order valence-electron chi connectivity index (χ2n) is 3.37. The third-order valence-electron chi connectivity index (χ3n) is 2.01. The predicted octanol–water partition coefficient (Wildman–Crippen LogP) is 1.95.